The quantitative estimate of drug-likeness (QED) is 0.492. The Hall–Kier alpha value is -3.74. The van der Waals surface area contributed by atoms with Crippen LogP contribution in [-0.4, -0.2) is 42.7 Å². The van der Waals surface area contributed by atoms with Crippen molar-refractivity contribution in [1.82, 2.24) is 14.4 Å². The Morgan fingerprint density at radius 3 is 2.38 bits per heavy atom. The number of benzene rings is 2. The van der Waals surface area contributed by atoms with E-state index in [0.29, 0.717) is 17.4 Å². The first-order valence-corrected chi connectivity index (χ1v) is 9.09. The number of nitrogens with zero attached hydrogens (tertiary/aromatic N) is 4. The van der Waals surface area contributed by atoms with Crippen LogP contribution in [0.2, 0.25) is 0 Å². The number of aromatic nitrogens is 3. The van der Waals surface area contributed by atoms with Gasteiger partial charge in [-0.3, -0.25) is 4.40 Å². The zero-order chi connectivity index (χ0) is 20.4. The Balaban J connectivity index is 1.87. The average molecular weight is 390 g/mol. The maximum atomic E-state index is 5.53. The highest BCUT2D eigenvalue weighted by Crippen LogP contribution is 2.35. The smallest absolute Gasteiger partial charge is 0.216 e. The van der Waals surface area contributed by atoms with Gasteiger partial charge in [0.05, 0.1) is 32.7 Å². The summed E-state index contributed by atoms with van der Waals surface area (Å²) in [5.74, 6) is 2.80. The van der Waals surface area contributed by atoms with Gasteiger partial charge in [0, 0.05) is 31.1 Å². The van der Waals surface area contributed by atoms with Gasteiger partial charge in [0.2, 0.25) is 5.95 Å². The molecule has 0 amide bonds. The van der Waals surface area contributed by atoms with E-state index in [1.807, 2.05) is 71.1 Å². The van der Waals surface area contributed by atoms with Gasteiger partial charge in [-0.2, -0.15) is 0 Å². The molecule has 2 heterocycles. The molecule has 7 heteroatoms. The van der Waals surface area contributed by atoms with Crippen LogP contribution in [0.1, 0.15) is 0 Å². The Bertz CT molecular complexity index is 1160. The molecular weight excluding hydrogens is 368 g/mol. The standard InChI is InChI=1S/C22H22N4O3/c1-25(17-7-5-6-8-18(17)27-2)22-24-16(14-21-23-11-12-26(21)22)15-9-10-19(28-3)20(13-15)29-4/h5-14H,1-4H3. The van der Waals surface area contributed by atoms with Crippen molar-refractivity contribution in [3.8, 4) is 28.5 Å². The molecule has 2 aromatic heterocycles. The van der Waals surface area contributed by atoms with Gasteiger partial charge in [-0.25, -0.2) is 9.97 Å². The first kappa shape index (κ1) is 18.6. The Kier molecular flexibility index (Phi) is 4.95. The minimum absolute atomic E-state index is 0.648. The van der Waals surface area contributed by atoms with Crippen LogP contribution in [0.3, 0.4) is 0 Å². The molecule has 0 N–H and O–H groups in total. The van der Waals surface area contributed by atoms with E-state index in [4.69, 9.17) is 19.2 Å². The highest BCUT2D eigenvalue weighted by atomic mass is 16.5. The zero-order valence-electron chi connectivity index (χ0n) is 16.8. The highest BCUT2D eigenvalue weighted by molar-refractivity contribution is 5.72. The van der Waals surface area contributed by atoms with Gasteiger partial charge < -0.3 is 19.1 Å². The number of rotatable bonds is 6. The van der Waals surface area contributed by atoms with Crippen LogP contribution >= 0.6 is 0 Å². The van der Waals surface area contributed by atoms with E-state index in [-0.39, 0.29) is 0 Å². The lowest BCUT2D eigenvalue weighted by Gasteiger charge is -2.22. The van der Waals surface area contributed by atoms with Crippen molar-refractivity contribution in [2.45, 2.75) is 0 Å². The lowest BCUT2D eigenvalue weighted by molar-refractivity contribution is 0.355. The molecule has 0 unspecified atom stereocenters. The first-order valence-electron chi connectivity index (χ1n) is 9.09. The Morgan fingerprint density at radius 2 is 1.62 bits per heavy atom. The van der Waals surface area contributed by atoms with E-state index >= 15 is 0 Å². The fourth-order valence-electron chi connectivity index (χ4n) is 3.30. The number of fused-ring (bicyclic) bond motifs is 1. The van der Waals surface area contributed by atoms with Crippen molar-refractivity contribution >= 4 is 17.3 Å². The van der Waals surface area contributed by atoms with Crippen LogP contribution in [-0.2, 0) is 0 Å². The molecule has 0 fully saturated rings. The molecule has 0 saturated heterocycles. The van der Waals surface area contributed by atoms with E-state index in [1.165, 1.54) is 0 Å². The summed E-state index contributed by atoms with van der Waals surface area (Å²) in [7, 11) is 6.85. The number of para-hydroxylation sites is 2. The highest BCUT2D eigenvalue weighted by Gasteiger charge is 2.17. The molecule has 0 aliphatic heterocycles. The van der Waals surface area contributed by atoms with Crippen molar-refractivity contribution in [1.29, 1.82) is 0 Å². The number of imidazole rings is 1. The minimum Gasteiger partial charge on any atom is -0.495 e. The predicted molar refractivity (Wildman–Crippen MR) is 113 cm³/mol. The number of ether oxygens (including phenoxy) is 3. The second kappa shape index (κ2) is 7.71. The van der Waals surface area contributed by atoms with E-state index in [2.05, 4.69) is 4.98 Å². The predicted octanol–water partition coefficient (Wildman–Crippen LogP) is 4.19. The molecule has 0 aliphatic rings. The second-order valence-electron chi connectivity index (χ2n) is 6.40. The molecule has 0 saturated carbocycles. The lowest BCUT2D eigenvalue weighted by Crippen LogP contribution is -2.16. The fraction of sp³-hybridized carbons (Fsp3) is 0.182. The largest absolute Gasteiger partial charge is 0.495 e. The van der Waals surface area contributed by atoms with Crippen molar-refractivity contribution < 1.29 is 14.2 Å². The summed E-state index contributed by atoms with van der Waals surface area (Å²) < 4.78 is 18.3. The SMILES string of the molecule is COc1ccc(-c2cc3nccn3c(N(C)c3ccccc3OC)n2)cc1OC. The topological polar surface area (TPSA) is 61.1 Å². The van der Waals surface area contributed by atoms with Crippen LogP contribution in [0.25, 0.3) is 16.9 Å². The molecule has 0 radical (unpaired) electrons. The van der Waals surface area contributed by atoms with Crippen molar-refractivity contribution in [2.75, 3.05) is 33.3 Å². The normalized spacial score (nSPS) is 10.8. The van der Waals surface area contributed by atoms with Gasteiger partial charge in [-0.1, -0.05) is 12.1 Å². The van der Waals surface area contributed by atoms with E-state index in [1.54, 1.807) is 27.5 Å². The van der Waals surface area contributed by atoms with Gasteiger partial charge in [-0.05, 0) is 30.3 Å². The maximum absolute atomic E-state index is 5.53. The maximum Gasteiger partial charge on any atom is 0.216 e. The molecule has 29 heavy (non-hydrogen) atoms. The van der Waals surface area contributed by atoms with Gasteiger partial charge in [0.15, 0.2) is 11.5 Å². The summed E-state index contributed by atoms with van der Waals surface area (Å²) in [6.07, 6.45) is 3.65. The molecule has 0 bridgehead atoms. The fourth-order valence-corrected chi connectivity index (χ4v) is 3.30. The van der Waals surface area contributed by atoms with Crippen LogP contribution in [0.15, 0.2) is 60.9 Å². The summed E-state index contributed by atoms with van der Waals surface area (Å²) in [6, 6.07) is 15.5. The molecule has 0 spiro atoms. The van der Waals surface area contributed by atoms with E-state index in [9.17, 15) is 0 Å². The number of methoxy groups -OCH3 is 3. The van der Waals surface area contributed by atoms with Crippen LogP contribution in [0.5, 0.6) is 17.2 Å². The molecule has 0 atom stereocenters. The molecule has 4 aromatic rings. The lowest BCUT2D eigenvalue weighted by atomic mass is 10.1. The van der Waals surface area contributed by atoms with Crippen molar-refractivity contribution in [2.24, 2.45) is 0 Å². The monoisotopic (exact) mass is 390 g/mol. The van der Waals surface area contributed by atoms with Gasteiger partial charge >= 0.3 is 0 Å². The molecule has 4 rings (SSSR count). The summed E-state index contributed by atoms with van der Waals surface area (Å²) in [6.45, 7) is 0. The molecule has 0 aliphatic carbocycles. The van der Waals surface area contributed by atoms with Gasteiger partial charge in [-0.15, -0.1) is 0 Å². The number of hydrogen-bond acceptors (Lipinski definition) is 6. The van der Waals surface area contributed by atoms with Crippen LogP contribution in [0, 0.1) is 0 Å². The average Bonchev–Trinajstić information content (AvgIpc) is 3.26. The van der Waals surface area contributed by atoms with Gasteiger partial charge in [0.25, 0.3) is 0 Å². The molecular formula is C22H22N4O3. The van der Waals surface area contributed by atoms with E-state index in [0.717, 1.165) is 28.3 Å². The summed E-state index contributed by atoms with van der Waals surface area (Å²) in [4.78, 5) is 11.4. The Morgan fingerprint density at radius 1 is 0.862 bits per heavy atom. The molecule has 2 aromatic carbocycles. The third kappa shape index (κ3) is 3.31. The summed E-state index contributed by atoms with van der Waals surface area (Å²) >= 11 is 0. The van der Waals surface area contributed by atoms with Crippen LogP contribution < -0.4 is 19.1 Å². The third-order valence-electron chi connectivity index (χ3n) is 4.80. The number of hydrogen-bond donors (Lipinski definition) is 0. The van der Waals surface area contributed by atoms with Crippen molar-refractivity contribution in [3.63, 3.8) is 0 Å². The second-order valence-corrected chi connectivity index (χ2v) is 6.40. The first-order chi connectivity index (χ1) is 14.2. The minimum atomic E-state index is 0.648. The van der Waals surface area contributed by atoms with Gasteiger partial charge in [0.1, 0.15) is 11.4 Å². The van der Waals surface area contributed by atoms with Crippen LogP contribution in [0.4, 0.5) is 11.6 Å². The van der Waals surface area contributed by atoms with E-state index < -0.39 is 0 Å². The molecule has 148 valence electrons. The third-order valence-corrected chi connectivity index (χ3v) is 4.80. The zero-order valence-corrected chi connectivity index (χ0v) is 16.8. The summed E-state index contributed by atoms with van der Waals surface area (Å²) in [5, 5.41) is 0. The Labute approximate surface area is 169 Å². The number of anilines is 2. The van der Waals surface area contributed by atoms with Crippen molar-refractivity contribution in [3.05, 3.63) is 60.9 Å². The molecule has 7 nitrogen and oxygen atoms in total. The summed E-state index contributed by atoms with van der Waals surface area (Å²) in [5.41, 5.74) is 3.38.